The monoisotopic (exact) mass is 1490 g/mol. The Hall–Kier alpha value is -2.46. The molecule has 0 amide bonds. The molecule has 0 saturated carbocycles. The molecule has 0 heterocycles. The first-order valence-electron chi connectivity index (χ1n) is 42.5. The van der Waals surface area contributed by atoms with Crippen molar-refractivity contribution in [2.75, 3.05) is 39.6 Å². The highest BCUT2D eigenvalue weighted by atomic mass is 31.2. The van der Waals surface area contributed by atoms with E-state index in [1.54, 1.807) is 0 Å². The number of carbonyl (C=O) groups is 4. The SMILES string of the molecule is CCCCCC/C=C\C=C/CCCCCCCC(=O)OC[C@H](COP(=O)(O)OC[C@@H](O)COP(=O)(O)OC[C@@H](COC(=O)CCCCCCCCCCCC)OC(=O)CCCCCCCCCCCCCCC(C)C)OC(=O)CCCCCCCCCCCCCCCCCCCCCCCC. The molecule has 0 aliphatic heterocycles. The molecule has 0 radical (unpaired) electrons. The number of hydrogen-bond donors (Lipinski definition) is 3. The molecule has 0 aliphatic rings. The zero-order valence-corrected chi connectivity index (χ0v) is 68.0. The third-order valence-electron chi connectivity index (χ3n) is 18.9. The Balaban J connectivity index is 5.24. The fourth-order valence-electron chi connectivity index (χ4n) is 12.4. The normalized spacial score (nSPS) is 14.0. The summed E-state index contributed by atoms with van der Waals surface area (Å²) in [6.07, 6.45) is 70.3. The molecule has 0 aliphatic carbocycles. The predicted molar refractivity (Wildman–Crippen MR) is 418 cm³/mol. The van der Waals surface area contributed by atoms with Gasteiger partial charge in [0.1, 0.15) is 19.3 Å². The lowest BCUT2D eigenvalue weighted by Crippen LogP contribution is -2.30. The lowest BCUT2D eigenvalue weighted by Gasteiger charge is -2.21. The van der Waals surface area contributed by atoms with Crippen LogP contribution in [0.2, 0.25) is 0 Å². The third-order valence-corrected chi connectivity index (χ3v) is 20.8. The van der Waals surface area contributed by atoms with Gasteiger partial charge in [-0.25, -0.2) is 9.13 Å². The van der Waals surface area contributed by atoms with Crippen molar-refractivity contribution in [1.29, 1.82) is 0 Å². The zero-order chi connectivity index (χ0) is 74.8. The predicted octanol–water partition coefficient (Wildman–Crippen LogP) is 24.8. The highest BCUT2D eigenvalue weighted by Gasteiger charge is 2.30. The van der Waals surface area contributed by atoms with E-state index in [1.165, 1.54) is 225 Å². The van der Waals surface area contributed by atoms with Crippen LogP contribution < -0.4 is 0 Å². The van der Waals surface area contributed by atoms with E-state index in [0.29, 0.717) is 25.7 Å². The lowest BCUT2D eigenvalue weighted by molar-refractivity contribution is -0.161. The summed E-state index contributed by atoms with van der Waals surface area (Å²) in [6.45, 7) is 7.27. The number of rotatable bonds is 81. The number of unbranched alkanes of at least 4 members (excludes halogenated alkanes) is 50. The number of phosphoric ester groups is 2. The van der Waals surface area contributed by atoms with E-state index in [4.69, 9.17) is 37.0 Å². The average Bonchev–Trinajstić information content (AvgIpc) is 0.917. The van der Waals surface area contributed by atoms with Crippen molar-refractivity contribution in [2.24, 2.45) is 5.92 Å². The highest BCUT2D eigenvalue weighted by molar-refractivity contribution is 7.47. The molecule has 19 heteroatoms. The Bertz CT molecular complexity index is 2040. The van der Waals surface area contributed by atoms with Gasteiger partial charge >= 0.3 is 39.5 Å². The van der Waals surface area contributed by atoms with Crippen LogP contribution in [0.3, 0.4) is 0 Å². The standard InChI is InChI=1S/C83H158O17P2/c1-6-9-12-15-18-21-24-26-28-29-30-31-32-33-34-36-38-43-48-53-58-63-68-82(87)100-79(73-94-81(86)67-62-57-52-47-42-37-35-27-25-22-19-16-13-10-7-2)75-98-102(91,92)96-71-77(84)70-95-101(89,90)97-74-78(72-93-80(85)66-61-56-51-46-23-20-17-14-11-8-3)99-83(88)69-64-59-54-49-44-40-39-41-45-50-55-60-65-76(4)5/h22,25,27,35,76-79,84H,6-21,23-24,26,28-34,36-75H2,1-5H3,(H,89,90)(H,91,92)/b25-22-,35-27-/t77-,78+,79+/m0/s1. The van der Waals surface area contributed by atoms with Crippen LogP contribution in [0.1, 0.15) is 420 Å². The molecular formula is C83H158O17P2. The minimum absolute atomic E-state index is 0.102. The van der Waals surface area contributed by atoms with Crippen LogP contribution in [0.4, 0.5) is 0 Å². The molecule has 3 N–H and O–H groups in total. The van der Waals surface area contributed by atoms with Gasteiger partial charge in [-0.2, -0.15) is 0 Å². The summed E-state index contributed by atoms with van der Waals surface area (Å²) in [6, 6.07) is 0. The van der Waals surface area contributed by atoms with Crippen molar-refractivity contribution in [2.45, 2.75) is 438 Å². The van der Waals surface area contributed by atoms with Gasteiger partial charge in [-0.05, 0) is 57.3 Å². The van der Waals surface area contributed by atoms with Crippen molar-refractivity contribution in [3.8, 4) is 0 Å². The molecule has 5 atom stereocenters. The van der Waals surface area contributed by atoms with Crippen LogP contribution in [0, 0.1) is 5.92 Å². The number of esters is 4. The minimum atomic E-state index is -4.97. The van der Waals surface area contributed by atoms with Crippen molar-refractivity contribution >= 4 is 39.5 Å². The quantitative estimate of drug-likeness (QED) is 0.0169. The fraction of sp³-hybridized carbons (Fsp3) is 0.904. The van der Waals surface area contributed by atoms with Crippen molar-refractivity contribution in [3.63, 3.8) is 0 Å². The Labute approximate surface area is 624 Å². The summed E-state index contributed by atoms with van der Waals surface area (Å²) in [4.78, 5) is 73.0. The number of aliphatic hydroxyl groups is 1. The highest BCUT2D eigenvalue weighted by Crippen LogP contribution is 2.45. The largest absolute Gasteiger partial charge is 0.472 e. The van der Waals surface area contributed by atoms with Gasteiger partial charge in [-0.15, -0.1) is 0 Å². The van der Waals surface area contributed by atoms with Crippen LogP contribution in [0.25, 0.3) is 0 Å². The Kier molecular flexibility index (Phi) is 73.5. The van der Waals surface area contributed by atoms with Crippen molar-refractivity contribution < 1.29 is 80.2 Å². The zero-order valence-electron chi connectivity index (χ0n) is 66.2. The number of phosphoric acid groups is 2. The second-order valence-electron chi connectivity index (χ2n) is 29.7. The van der Waals surface area contributed by atoms with Gasteiger partial charge in [0.15, 0.2) is 12.2 Å². The number of aliphatic hydroxyl groups excluding tert-OH is 1. The van der Waals surface area contributed by atoms with Gasteiger partial charge in [0.2, 0.25) is 0 Å². The van der Waals surface area contributed by atoms with Gasteiger partial charge in [-0.3, -0.25) is 37.3 Å². The molecule has 0 saturated heterocycles. The molecule has 102 heavy (non-hydrogen) atoms. The summed E-state index contributed by atoms with van der Waals surface area (Å²) in [5.41, 5.74) is 0. The Morgan fingerprint density at radius 1 is 0.304 bits per heavy atom. The van der Waals surface area contributed by atoms with Crippen LogP contribution in [0.15, 0.2) is 24.3 Å². The average molecular weight is 1490 g/mol. The summed E-state index contributed by atoms with van der Waals surface area (Å²) in [5, 5.41) is 10.6. The van der Waals surface area contributed by atoms with E-state index >= 15 is 0 Å². The van der Waals surface area contributed by atoms with Gasteiger partial charge in [-0.1, -0.05) is 367 Å². The maximum Gasteiger partial charge on any atom is 0.472 e. The van der Waals surface area contributed by atoms with Crippen LogP contribution in [0.5, 0.6) is 0 Å². The summed E-state index contributed by atoms with van der Waals surface area (Å²) in [7, 11) is -9.93. The van der Waals surface area contributed by atoms with E-state index in [1.807, 2.05) is 0 Å². The van der Waals surface area contributed by atoms with E-state index in [2.05, 4.69) is 58.9 Å². The maximum absolute atomic E-state index is 13.1. The molecule has 0 aromatic rings. The van der Waals surface area contributed by atoms with Gasteiger partial charge < -0.3 is 33.8 Å². The van der Waals surface area contributed by atoms with Crippen molar-refractivity contribution in [1.82, 2.24) is 0 Å². The van der Waals surface area contributed by atoms with Gasteiger partial charge in [0.05, 0.1) is 26.4 Å². The van der Waals surface area contributed by atoms with E-state index in [0.717, 1.165) is 115 Å². The molecule has 0 fully saturated rings. The first-order chi connectivity index (χ1) is 49.5. The Morgan fingerprint density at radius 2 is 0.529 bits per heavy atom. The van der Waals surface area contributed by atoms with E-state index in [9.17, 15) is 43.2 Å². The fourth-order valence-corrected chi connectivity index (χ4v) is 14.0. The van der Waals surface area contributed by atoms with Crippen LogP contribution in [-0.2, 0) is 65.4 Å². The summed E-state index contributed by atoms with van der Waals surface area (Å²) < 4.78 is 68.7. The first kappa shape index (κ1) is 99.5. The Morgan fingerprint density at radius 3 is 0.804 bits per heavy atom. The number of ether oxygens (including phenoxy) is 4. The van der Waals surface area contributed by atoms with Crippen LogP contribution in [-0.4, -0.2) is 96.7 Å². The summed E-state index contributed by atoms with van der Waals surface area (Å²) in [5.74, 6) is -1.36. The second kappa shape index (κ2) is 75.4. The number of carbonyl (C=O) groups excluding carboxylic acids is 4. The third kappa shape index (κ3) is 75.8. The van der Waals surface area contributed by atoms with Gasteiger partial charge in [0.25, 0.3) is 0 Å². The van der Waals surface area contributed by atoms with Gasteiger partial charge in [0, 0.05) is 25.7 Å². The number of hydrogen-bond acceptors (Lipinski definition) is 15. The first-order valence-corrected chi connectivity index (χ1v) is 45.4. The molecular weight excluding hydrogens is 1330 g/mol. The molecule has 0 aromatic heterocycles. The molecule has 0 aromatic carbocycles. The number of allylic oxidation sites excluding steroid dienone is 4. The molecule has 0 rings (SSSR count). The topological polar surface area (TPSA) is 237 Å². The van der Waals surface area contributed by atoms with E-state index < -0.39 is 97.5 Å². The smallest absolute Gasteiger partial charge is 0.462 e. The molecule has 2 unspecified atom stereocenters. The second-order valence-corrected chi connectivity index (χ2v) is 32.6. The molecule has 17 nitrogen and oxygen atoms in total. The maximum atomic E-state index is 13.1. The molecule has 0 bridgehead atoms. The van der Waals surface area contributed by atoms with Crippen molar-refractivity contribution in [3.05, 3.63) is 24.3 Å². The molecule has 602 valence electrons. The summed E-state index contributed by atoms with van der Waals surface area (Å²) >= 11 is 0. The van der Waals surface area contributed by atoms with E-state index in [-0.39, 0.29) is 25.7 Å². The lowest BCUT2D eigenvalue weighted by atomic mass is 10.0. The molecule has 0 spiro atoms. The minimum Gasteiger partial charge on any atom is -0.462 e. The van der Waals surface area contributed by atoms with Crippen LogP contribution >= 0.6 is 15.6 Å².